The van der Waals surface area contributed by atoms with Gasteiger partial charge in [0.1, 0.15) is 5.69 Å². The molecule has 0 spiro atoms. The monoisotopic (exact) mass is 424 g/mol. The van der Waals surface area contributed by atoms with Gasteiger partial charge in [-0.15, -0.1) is 0 Å². The van der Waals surface area contributed by atoms with E-state index in [0.29, 0.717) is 18.7 Å². The second kappa shape index (κ2) is 8.05. The van der Waals surface area contributed by atoms with E-state index in [1.165, 1.54) is 24.1 Å². The number of halogens is 1. The van der Waals surface area contributed by atoms with Gasteiger partial charge in [-0.3, -0.25) is 14.5 Å². The van der Waals surface area contributed by atoms with Crippen molar-refractivity contribution in [2.75, 3.05) is 6.54 Å². The van der Waals surface area contributed by atoms with Gasteiger partial charge >= 0.3 is 0 Å². The van der Waals surface area contributed by atoms with Gasteiger partial charge in [-0.1, -0.05) is 18.2 Å². The highest BCUT2D eigenvalue weighted by molar-refractivity contribution is 9.10. The highest BCUT2D eigenvalue weighted by Gasteiger charge is 2.22. The first-order valence-corrected chi connectivity index (χ1v) is 10.1. The van der Waals surface area contributed by atoms with Crippen LogP contribution in [0, 0.1) is 0 Å². The minimum atomic E-state index is -0.0755. The van der Waals surface area contributed by atoms with Crippen LogP contribution in [0.4, 0.5) is 0 Å². The third kappa shape index (κ3) is 3.81. The predicted molar refractivity (Wildman–Crippen MR) is 109 cm³/mol. The Labute approximate surface area is 167 Å². The summed E-state index contributed by atoms with van der Waals surface area (Å²) in [6, 6.07) is 13.4. The predicted octanol–water partition coefficient (Wildman–Crippen LogP) is 4.02. The van der Waals surface area contributed by atoms with Crippen LogP contribution in [0.15, 0.2) is 53.1 Å². The van der Waals surface area contributed by atoms with Gasteiger partial charge in [0.15, 0.2) is 0 Å². The lowest BCUT2D eigenvalue weighted by atomic mass is 9.95. The summed E-state index contributed by atoms with van der Waals surface area (Å²) in [6.07, 6.45) is 6.26. The Bertz CT molecular complexity index is 952. The van der Waals surface area contributed by atoms with Crippen molar-refractivity contribution in [2.45, 2.75) is 32.2 Å². The van der Waals surface area contributed by atoms with Crippen LogP contribution in [0.5, 0.6) is 0 Å². The first kappa shape index (κ1) is 17.9. The highest BCUT2D eigenvalue weighted by Crippen LogP contribution is 2.30. The molecule has 6 heteroatoms. The third-order valence-electron chi connectivity index (χ3n) is 4.89. The average Bonchev–Trinajstić information content (AvgIpc) is 3.08. The number of nitrogens with one attached hydrogen (secondary N) is 1. The molecule has 2 aromatic heterocycles. The number of hydrogen-bond donors (Lipinski definition) is 1. The molecule has 4 rings (SSSR count). The van der Waals surface area contributed by atoms with Crippen molar-refractivity contribution in [2.24, 2.45) is 0 Å². The Morgan fingerprint density at radius 3 is 2.74 bits per heavy atom. The largest absolute Gasteiger partial charge is 0.350 e. The molecule has 5 nitrogen and oxygen atoms in total. The lowest BCUT2D eigenvalue weighted by Crippen LogP contribution is -2.28. The molecule has 138 valence electrons. The van der Waals surface area contributed by atoms with E-state index in [4.69, 9.17) is 5.10 Å². The quantitative estimate of drug-likeness (QED) is 0.672. The Hall–Kier alpha value is -2.47. The smallest absolute Gasteiger partial charge is 0.252 e. The first-order valence-electron chi connectivity index (χ1n) is 9.27. The molecule has 1 aromatic carbocycles. The van der Waals surface area contributed by atoms with Crippen molar-refractivity contribution in [1.29, 1.82) is 0 Å². The molecule has 0 fully saturated rings. The van der Waals surface area contributed by atoms with Crippen LogP contribution in [0.2, 0.25) is 0 Å². The van der Waals surface area contributed by atoms with Gasteiger partial charge in [-0.25, -0.2) is 0 Å². The summed E-state index contributed by atoms with van der Waals surface area (Å²) in [4.78, 5) is 16.9. The number of nitrogens with zero attached hydrogens (tertiary/aromatic N) is 3. The highest BCUT2D eigenvalue weighted by atomic mass is 79.9. The van der Waals surface area contributed by atoms with Crippen molar-refractivity contribution in [3.63, 3.8) is 0 Å². The number of benzene rings is 1. The molecule has 0 atom stereocenters. The lowest BCUT2D eigenvalue weighted by molar-refractivity contribution is 0.0951. The molecular formula is C21H21BrN4O. The molecule has 0 saturated heterocycles. The molecule has 1 N–H and O–H groups in total. The maximum atomic E-state index is 12.4. The standard InChI is InChI=1S/C21H21BrN4O/c22-17-9-3-1-7-15(17)21(27)24-13-14-26-19-11-4-2-8-16(19)20(25-26)18-10-5-6-12-23-18/h1,3,5-7,9-10,12H,2,4,8,11,13-14H2,(H,24,27). The molecule has 1 aliphatic carbocycles. The summed E-state index contributed by atoms with van der Waals surface area (Å²) in [7, 11) is 0. The fourth-order valence-electron chi connectivity index (χ4n) is 3.58. The van der Waals surface area contributed by atoms with Crippen LogP contribution in [-0.2, 0) is 19.4 Å². The van der Waals surface area contributed by atoms with Gasteiger partial charge in [-0.2, -0.15) is 5.10 Å². The Morgan fingerprint density at radius 2 is 1.93 bits per heavy atom. The number of carbonyl (C=O) groups excluding carboxylic acids is 1. The van der Waals surface area contributed by atoms with Gasteiger partial charge < -0.3 is 5.32 Å². The molecule has 0 unspecified atom stereocenters. The van der Waals surface area contributed by atoms with Crippen LogP contribution >= 0.6 is 15.9 Å². The second-order valence-electron chi connectivity index (χ2n) is 6.65. The summed E-state index contributed by atoms with van der Waals surface area (Å²) < 4.78 is 2.86. The number of hydrogen-bond acceptors (Lipinski definition) is 3. The van der Waals surface area contributed by atoms with Gasteiger partial charge in [0, 0.05) is 28.5 Å². The van der Waals surface area contributed by atoms with Crippen molar-refractivity contribution >= 4 is 21.8 Å². The van der Waals surface area contributed by atoms with Gasteiger partial charge in [-0.05, 0) is 65.9 Å². The van der Waals surface area contributed by atoms with Crippen LogP contribution < -0.4 is 5.32 Å². The van der Waals surface area contributed by atoms with Crippen molar-refractivity contribution in [1.82, 2.24) is 20.1 Å². The number of rotatable bonds is 5. The van der Waals surface area contributed by atoms with Crippen LogP contribution in [0.25, 0.3) is 11.4 Å². The van der Waals surface area contributed by atoms with E-state index in [9.17, 15) is 4.79 Å². The maximum absolute atomic E-state index is 12.4. The molecule has 1 aliphatic rings. The zero-order valence-corrected chi connectivity index (χ0v) is 16.6. The summed E-state index contributed by atoms with van der Waals surface area (Å²) in [6.45, 7) is 1.20. The molecule has 27 heavy (non-hydrogen) atoms. The SMILES string of the molecule is O=C(NCCn1nc(-c2ccccn2)c2c1CCCC2)c1ccccc1Br. The van der Waals surface area contributed by atoms with E-state index < -0.39 is 0 Å². The van der Waals surface area contributed by atoms with E-state index in [1.807, 2.05) is 48.7 Å². The fourth-order valence-corrected chi connectivity index (χ4v) is 4.05. The first-order chi connectivity index (χ1) is 13.2. The topological polar surface area (TPSA) is 59.8 Å². The molecule has 0 saturated carbocycles. The number of fused-ring (bicyclic) bond motifs is 1. The van der Waals surface area contributed by atoms with E-state index in [0.717, 1.165) is 28.7 Å². The normalized spacial score (nSPS) is 13.2. The molecular weight excluding hydrogens is 404 g/mol. The number of pyridine rings is 1. The molecule has 3 aromatic rings. The van der Waals surface area contributed by atoms with Crippen LogP contribution in [-0.4, -0.2) is 27.2 Å². The van der Waals surface area contributed by atoms with Crippen LogP contribution in [0.1, 0.15) is 34.5 Å². The Morgan fingerprint density at radius 1 is 1.11 bits per heavy atom. The van der Waals surface area contributed by atoms with E-state index in [1.54, 1.807) is 0 Å². The minimum absolute atomic E-state index is 0.0755. The third-order valence-corrected chi connectivity index (χ3v) is 5.58. The summed E-state index contributed by atoms with van der Waals surface area (Å²) in [5.41, 5.74) is 5.16. The molecule has 2 heterocycles. The zero-order valence-electron chi connectivity index (χ0n) is 15.0. The molecule has 0 radical (unpaired) electrons. The zero-order chi connectivity index (χ0) is 18.6. The molecule has 0 bridgehead atoms. The van der Waals surface area contributed by atoms with Gasteiger partial charge in [0.05, 0.1) is 17.8 Å². The minimum Gasteiger partial charge on any atom is -0.350 e. The van der Waals surface area contributed by atoms with Gasteiger partial charge in [0.2, 0.25) is 0 Å². The van der Waals surface area contributed by atoms with Crippen molar-refractivity contribution in [3.8, 4) is 11.4 Å². The van der Waals surface area contributed by atoms with Crippen molar-refractivity contribution < 1.29 is 4.79 Å². The van der Waals surface area contributed by atoms with Crippen molar-refractivity contribution in [3.05, 3.63) is 70.0 Å². The summed E-state index contributed by atoms with van der Waals surface area (Å²) >= 11 is 3.43. The Kier molecular flexibility index (Phi) is 5.34. The number of carbonyl (C=O) groups is 1. The molecule has 1 amide bonds. The average molecular weight is 425 g/mol. The number of aromatic nitrogens is 3. The maximum Gasteiger partial charge on any atom is 0.252 e. The molecule has 0 aliphatic heterocycles. The summed E-state index contributed by atoms with van der Waals surface area (Å²) in [5.74, 6) is -0.0755. The van der Waals surface area contributed by atoms with E-state index >= 15 is 0 Å². The van der Waals surface area contributed by atoms with Gasteiger partial charge in [0.25, 0.3) is 5.91 Å². The van der Waals surface area contributed by atoms with E-state index in [2.05, 4.69) is 30.9 Å². The summed E-state index contributed by atoms with van der Waals surface area (Å²) in [5, 5.41) is 7.84. The number of amides is 1. The van der Waals surface area contributed by atoms with Crippen LogP contribution in [0.3, 0.4) is 0 Å². The lowest BCUT2D eigenvalue weighted by Gasteiger charge is -2.14. The Balaban J connectivity index is 1.50. The fraction of sp³-hybridized carbons (Fsp3) is 0.286. The van der Waals surface area contributed by atoms with E-state index in [-0.39, 0.29) is 5.91 Å². The second-order valence-corrected chi connectivity index (χ2v) is 7.51.